The summed E-state index contributed by atoms with van der Waals surface area (Å²) in [4.78, 5) is 16.4. The number of carbonyl (C=O) groups excluding carboxylic acids is 1. The van der Waals surface area contributed by atoms with Crippen LogP contribution in [0.1, 0.15) is 16.7 Å². The van der Waals surface area contributed by atoms with Crippen molar-refractivity contribution in [2.45, 2.75) is 6.61 Å². The maximum Gasteiger partial charge on any atom is 0.363 e. The van der Waals surface area contributed by atoms with E-state index in [2.05, 4.69) is 78.8 Å². The maximum atomic E-state index is 14.0. The van der Waals surface area contributed by atoms with E-state index in [9.17, 15) is 9.18 Å². The highest BCUT2D eigenvalue weighted by Gasteiger charge is 2.26. The molecule has 31 heavy (non-hydrogen) atoms. The molecule has 0 amide bonds. The molecule has 156 valence electrons. The number of rotatable bonds is 5. The third kappa shape index (κ3) is 5.45. The van der Waals surface area contributed by atoms with Crippen molar-refractivity contribution >= 4 is 85.7 Å². The molecule has 0 saturated heterocycles. The summed E-state index contributed by atoms with van der Waals surface area (Å²) in [5, 5.41) is 0. The van der Waals surface area contributed by atoms with Crippen LogP contribution < -0.4 is 4.74 Å². The number of ether oxygens (including phenoxy) is 2. The van der Waals surface area contributed by atoms with Gasteiger partial charge in [0.15, 0.2) is 5.70 Å². The molecule has 4 rings (SSSR count). The molecule has 1 heterocycles. The van der Waals surface area contributed by atoms with Crippen LogP contribution in [-0.4, -0.2) is 11.9 Å². The second-order valence-corrected chi connectivity index (χ2v) is 10.1. The number of cyclic esters (lactones) is 1. The minimum Gasteiger partial charge on any atom is -0.487 e. The molecular formula is C23H13FI3NO3. The Morgan fingerprint density at radius 1 is 1.00 bits per heavy atom. The lowest BCUT2D eigenvalue weighted by Gasteiger charge is -2.12. The van der Waals surface area contributed by atoms with Gasteiger partial charge in [0, 0.05) is 3.57 Å². The van der Waals surface area contributed by atoms with Gasteiger partial charge in [-0.3, -0.25) is 0 Å². The van der Waals surface area contributed by atoms with Crippen molar-refractivity contribution < 1.29 is 18.7 Å². The molecule has 3 aromatic carbocycles. The van der Waals surface area contributed by atoms with Crippen molar-refractivity contribution in [1.82, 2.24) is 0 Å². The first kappa shape index (κ1) is 22.6. The van der Waals surface area contributed by atoms with E-state index in [1.54, 1.807) is 18.2 Å². The monoisotopic (exact) mass is 751 g/mol. The fourth-order valence-electron chi connectivity index (χ4n) is 2.90. The first-order valence-electron chi connectivity index (χ1n) is 9.04. The van der Waals surface area contributed by atoms with Gasteiger partial charge in [0.25, 0.3) is 0 Å². The number of hydrogen-bond acceptors (Lipinski definition) is 4. The number of esters is 1. The lowest BCUT2D eigenvalue weighted by atomic mass is 10.2. The average molecular weight is 751 g/mol. The smallest absolute Gasteiger partial charge is 0.363 e. The Bertz CT molecular complexity index is 1220. The normalized spacial score (nSPS) is 14.5. The summed E-state index contributed by atoms with van der Waals surface area (Å²) in [5.41, 5.74) is 2.15. The van der Waals surface area contributed by atoms with E-state index in [-0.39, 0.29) is 17.2 Å². The van der Waals surface area contributed by atoms with Gasteiger partial charge in [-0.15, -0.1) is 0 Å². The molecule has 0 aliphatic carbocycles. The molecule has 1 aliphatic rings. The van der Waals surface area contributed by atoms with Gasteiger partial charge in [-0.2, -0.15) is 0 Å². The number of carbonyl (C=O) groups is 1. The Kier molecular flexibility index (Phi) is 7.26. The zero-order valence-electron chi connectivity index (χ0n) is 15.7. The third-order valence-corrected chi connectivity index (χ3v) is 6.59. The van der Waals surface area contributed by atoms with E-state index in [0.29, 0.717) is 6.61 Å². The number of hydrogen-bond donors (Lipinski definition) is 0. The standard InChI is InChI=1S/C23H13FI3NO3/c24-17-7-2-1-6-16(17)22-28-20(23(29)31-22)11-14-9-18(26)21(19(27)10-14)30-12-13-4-3-5-15(25)8-13/h1-11H,12H2/b20-11-. The van der Waals surface area contributed by atoms with Crippen LogP contribution in [0.15, 0.2) is 71.4 Å². The van der Waals surface area contributed by atoms with Crippen LogP contribution in [0, 0.1) is 16.5 Å². The zero-order valence-corrected chi connectivity index (χ0v) is 22.2. The molecule has 0 unspecified atom stereocenters. The summed E-state index contributed by atoms with van der Waals surface area (Å²) < 4.78 is 28.2. The van der Waals surface area contributed by atoms with Crippen molar-refractivity contribution in [3.63, 3.8) is 0 Å². The van der Waals surface area contributed by atoms with Crippen LogP contribution in [0.3, 0.4) is 0 Å². The Morgan fingerprint density at radius 3 is 2.45 bits per heavy atom. The van der Waals surface area contributed by atoms with Gasteiger partial charge in [-0.1, -0.05) is 24.3 Å². The van der Waals surface area contributed by atoms with Crippen LogP contribution in [0.25, 0.3) is 6.08 Å². The van der Waals surface area contributed by atoms with Crippen molar-refractivity contribution in [3.05, 3.63) is 99.6 Å². The van der Waals surface area contributed by atoms with Crippen molar-refractivity contribution in [2.24, 2.45) is 4.99 Å². The Balaban J connectivity index is 1.57. The van der Waals surface area contributed by atoms with Crippen LogP contribution in [0.2, 0.25) is 0 Å². The first-order chi connectivity index (χ1) is 14.9. The minimum atomic E-state index is -0.609. The van der Waals surface area contributed by atoms with Crippen LogP contribution in [0.5, 0.6) is 5.75 Å². The fraction of sp³-hybridized carbons (Fsp3) is 0.0435. The first-order valence-corrected chi connectivity index (χ1v) is 12.3. The second kappa shape index (κ2) is 9.94. The van der Waals surface area contributed by atoms with Crippen LogP contribution in [0.4, 0.5) is 4.39 Å². The summed E-state index contributed by atoms with van der Waals surface area (Å²) in [5.74, 6) is -0.348. The van der Waals surface area contributed by atoms with Gasteiger partial charge in [-0.05, 0) is 121 Å². The number of halogens is 4. The van der Waals surface area contributed by atoms with E-state index < -0.39 is 11.8 Å². The molecule has 0 atom stereocenters. The Labute approximate surface area is 219 Å². The van der Waals surface area contributed by atoms with Crippen LogP contribution >= 0.6 is 67.8 Å². The Hall–Kier alpha value is -1.54. The summed E-state index contributed by atoms with van der Waals surface area (Å²) in [7, 11) is 0. The van der Waals surface area contributed by atoms with E-state index in [4.69, 9.17) is 9.47 Å². The highest BCUT2D eigenvalue weighted by Crippen LogP contribution is 2.31. The highest BCUT2D eigenvalue weighted by molar-refractivity contribution is 14.1. The van der Waals surface area contributed by atoms with E-state index in [0.717, 1.165) is 27.6 Å². The Morgan fingerprint density at radius 2 is 1.74 bits per heavy atom. The molecule has 3 aromatic rings. The lowest BCUT2D eigenvalue weighted by molar-refractivity contribution is -0.129. The number of nitrogens with zero attached hydrogens (tertiary/aromatic N) is 1. The number of aliphatic imine (C=N–C) groups is 1. The summed E-state index contributed by atoms with van der Waals surface area (Å²) in [6.45, 7) is 0.464. The molecule has 0 spiro atoms. The van der Waals surface area contributed by atoms with Gasteiger partial charge >= 0.3 is 5.97 Å². The maximum absolute atomic E-state index is 14.0. The van der Waals surface area contributed by atoms with Gasteiger partial charge in [0.05, 0.1) is 12.7 Å². The summed E-state index contributed by atoms with van der Waals surface area (Å²) in [6, 6.07) is 18.0. The molecule has 0 bridgehead atoms. The van der Waals surface area contributed by atoms with Gasteiger partial charge in [0.1, 0.15) is 18.2 Å². The largest absolute Gasteiger partial charge is 0.487 e. The molecule has 0 saturated carbocycles. The summed E-state index contributed by atoms with van der Waals surface area (Å²) in [6.07, 6.45) is 1.63. The molecular weight excluding hydrogens is 738 g/mol. The summed E-state index contributed by atoms with van der Waals surface area (Å²) >= 11 is 6.69. The second-order valence-electron chi connectivity index (χ2n) is 6.55. The van der Waals surface area contributed by atoms with E-state index in [1.807, 2.05) is 30.3 Å². The topological polar surface area (TPSA) is 47.9 Å². The number of benzene rings is 3. The van der Waals surface area contributed by atoms with Gasteiger partial charge in [-0.25, -0.2) is 14.2 Å². The molecule has 0 fully saturated rings. The SMILES string of the molecule is O=C1OC(c2ccccc2F)=N/C1=C\c1cc(I)c(OCc2cccc(I)c2)c(I)c1. The third-order valence-electron chi connectivity index (χ3n) is 4.32. The molecule has 4 nitrogen and oxygen atoms in total. The predicted octanol–water partition coefficient (Wildman–Crippen LogP) is 6.56. The molecule has 1 aliphatic heterocycles. The fourth-order valence-corrected chi connectivity index (χ4v) is 5.64. The van der Waals surface area contributed by atoms with Crippen molar-refractivity contribution in [2.75, 3.05) is 0 Å². The van der Waals surface area contributed by atoms with Crippen molar-refractivity contribution in [1.29, 1.82) is 0 Å². The minimum absolute atomic E-state index is 0.0313. The molecule has 8 heteroatoms. The quantitative estimate of drug-likeness (QED) is 0.169. The van der Waals surface area contributed by atoms with E-state index in [1.165, 1.54) is 12.1 Å². The lowest BCUT2D eigenvalue weighted by Crippen LogP contribution is -2.07. The zero-order chi connectivity index (χ0) is 22.0. The van der Waals surface area contributed by atoms with E-state index >= 15 is 0 Å². The molecule has 0 N–H and O–H groups in total. The van der Waals surface area contributed by atoms with Gasteiger partial charge < -0.3 is 9.47 Å². The average Bonchev–Trinajstić information content (AvgIpc) is 3.08. The predicted molar refractivity (Wildman–Crippen MR) is 142 cm³/mol. The molecule has 0 radical (unpaired) electrons. The van der Waals surface area contributed by atoms with Gasteiger partial charge in [0.2, 0.25) is 5.90 Å². The van der Waals surface area contributed by atoms with Crippen molar-refractivity contribution in [3.8, 4) is 5.75 Å². The molecule has 0 aromatic heterocycles. The van der Waals surface area contributed by atoms with Crippen LogP contribution in [-0.2, 0) is 16.1 Å². The highest BCUT2D eigenvalue weighted by atomic mass is 127.